The van der Waals surface area contributed by atoms with E-state index in [1.54, 1.807) is 12.3 Å². The molecule has 2 aliphatic rings. The first-order valence-corrected chi connectivity index (χ1v) is 12.8. The van der Waals surface area contributed by atoms with E-state index in [0.29, 0.717) is 32.6 Å². The number of nitrogens with zero attached hydrogens (tertiary/aromatic N) is 4. The van der Waals surface area contributed by atoms with Gasteiger partial charge in [0, 0.05) is 78.6 Å². The van der Waals surface area contributed by atoms with Crippen LogP contribution in [0.5, 0.6) is 5.75 Å². The number of halogens is 3. The van der Waals surface area contributed by atoms with Crippen molar-refractivity contribution in [3.63, 3.8) is 0 Å². The Morgan fingerprint density at radius 2 is 1.92 bits per heavy atom. The van der Waals surface area contributed by atoms with Gasteiger partial charge in [0.1, 0.15) is 18.5 Å². The summed E-state index contributed by atoms with van der Waals surface area (Å²) in [6.45, 7) is 3.53. The van der Waals surface area contributed by atoms with Crippen molar-refractivity contribution in [2.45, 2.75) is 6.61 Å². The van der Waals surface area contributed by atoms with Crippen molar-refractivity contribution in [1.29, 1.82) is 10.7 Å². The zero-order chi connectivity index (χ0) is 26.7. The molecule has 2 aliphatic heterocycles. The summed E-state index contributed by atoms with van der Waals surface area (Å²) >= 11 is 15.8. The number of benzene rings is 1. The number of nitrogen functional groups attached to an aromatic ring is 1. The van der Waals surface area contributed by atoms with Gasteiger partial charge in [-0.1, -0.05) is 23.2 Å². The first-order chi connectivity index (χ1) is 17.8. The average molecular weight is 560 g/mol. The first-order valence-electron chi connectivity index (χ1n) is 11.2. The van der Waals surface area contributed by atoms with Gasteiger partial charge in [-0.2, -0.15) is 17.9 Å². The van der Waals surface area contributed by atoms with Crippen LogP contribution in [0.25, 0.3) is 0 Å². The molecule has 0 amide bonds. The average Bonchev–Trinajstić information content (AvgIpc) is 2.84. The van der Waals surface area contributed by atoms with Crippen molar-refractivity contribution in [3.05, 3.63) is 74.9 Å². The maximum atomic E-state index is 14.6. The molecule has 3 aromatic rings. The Kier molecular flexibility index (Phi) is 8.09. The van der Waals surface area contributed by atoms with Crippen LogP contribution in [0.1, 0.15) is 22.3 Å². The minimum atomic E-state index is -0.691. The maximum absolute atomic E-state index is 14.6. The van der Waals surface area contributed by atoms with E-state index in [-0.39, 0.29) is 34.7 Å². The standard InChI is InChI=1S/C24H20Cl2FN7O.CH4S/c25-17-6-31-7-18(26)16(17)8-35-21-2-15(20(29)3-19(21)27)22(30)14-1-13(4-28)23(33-5-14)34-11-24(12-34)9-32-10-24;1-2/h1-3,5-7,30,32H,8-12,29H2;2H,1H3. The molecule has 192 valence electrons. The fourth-order valence-electron chi connectivity index (χ4n) is 4.32. The summed E-state index contributed by atoms with van der Waals surface area (Å²) in [5, 5.41) is 22.2. The molecule has 4 N–H and O–H groups in total. The largest absolute Gasteiger partial charge is 0.486 e. The van der Waals surface area contributed by atoms with Crippen LogP contribution in [0.2, 0.25) is 10.0 Å². The quantitative estimate of drug-likeness (QED) is 0.201. The van der Waals surface area contributed by atoms with Gasteiger partial charge >= 0.3 is 0 Å². The molecule has 8 nitrogen and oxygen atoms in total. The molecule has 0 aliphatic carbocycles. The zero-order valence-corrected chi connectivity index (χ0v) is 22.3. The lowest BCUT2D eigenvalue weighted by Crippen LogP contribution is -2.71. The number of rotatable bonds is 6. The molecule has 12 heteroatoms. The van der Waals surface area contributed by atoms with Gasteiger partial charge in [0.15, 0.2) is 11.6 Å². The van der Waals surface area contributed by atoms with Crippen molar-refractivity contribution in [2.24, 2.45) is 5.41 Å². The third-order valence-electron chi connectivity index (χ3n) is 6.33. The summed E-state index contributed by atoms with van der Waals surface area (Å²) in [5.74, 6) is -0.208. The number of thiol groups is 1. The molecule has 4 heterocycles. The fourth-order valence-corrected chi connectivity index (χ4v) is 4.79. The molecular formula is C25H24Cl2FN7OS. The van der Waals surface area contributed by atoms with Crippen LogP contribution < -0.4 is 20.7 Å². The van der Waals surface area contributed by atoms with Crippen molar-refractivity contribution in [2.75, 3.05) is 43.1 Å². The number of nitrogens with two attached hydrogens (primary N) is 1. The van der Waals surface area contributed by atoms with Crippen molar-refractivity contribution in [3.8, 4) is 11.8 Å². The van der Waals surface area contributed by atoms with Gasteiger partial charge in [0.05, 0.1) is 21.3 Å². The van der Waals surface area contributed by atoms with Crippen LogP contribution in [0.3, 0.4) is 0 Å². The van der Waals surface area contributed by atoms with Crippen LogP contribution >= 0.6 is 35.8 Å². The summed E-state index contributed by atoms with van der Waals surface area (Å²) in [4.78, 5) is 10.4. The molecule has 1 spiro atoms. The maximum Gasteiger partial charge on any atom is 0.167 e. The molecular weight excluding hydrogens is 536 g/mol. The molecule has 5 rings (SSSR count). The number of hydrogen-bond acceptors (Lipinski definition) is 9. The van der Waals surface area contributed by atoms with E-state index in [9.17, 15) is 9.65 Å². The topological polar surface area (TPSA) is 124 Å². The predicted molar refractivity (Wildman–Crippen MR) is 147 cm³/mol. The fraction of sp³-hybridized carbons (Fsp3) is 0.280. The monoisotopic (exact) mass is 559 g/mol. The number of pyridine rings is 2. The second-order valence-corrected chi connectivity index (χ2v) is 9.60. The number of hydrogen-bond donors (Lipinski definition) is 4. The first kappa shape index (κ1) is 26.9. The lowest BCUT2D eigenvalue weighted by atomic mass is 9.74. The summed E-state index contributed by atoms with van der Waals surface area (Å²) in [6, 6.07) is 6.22. The minimum Gasteiger partial charge on any atom is -0.486 e. The Labute approximate surface area is 229 Å². The lowest BCUT2D eigenvalue weighted by molar-refractivity contribution is 0.120. The molecule has 0 saturated carbocycles. The predicted octanol–water partition coefficient (Wildman–Crippen LogP) is 4.33. The van der Waals surface area contributed by atoms with Crippen molar-refractivity contribution in [1.82, 2.24) is 15.3 Å². The second kappa shape index (κ2) is 11.1. The van der Waals surface area contributed by atoms with E-state index in [1.807, 2.05) is 0 Å². The Hall–Kier alpha value is -3.10. The normalized spacial score (nSPS) is 15.1. The van der Waals surface area contributed by atoms with Crippen LogP contribution in [0.15, 0.2) is 36.8 Å². The molecule has 37 heavy (non-hydrogen) atoms. The molecule has 1 aromatic carbocycles. The SMILES string of the molecule is CS.N#Cc1cc(C(=N)c2cc(OCc3c(Cl)cncc3Cl)c(F)cc2N)cnc1N1CC2(CNC2)C1. The summed E-state index contributed by atoms with van der Waals surface area (Å²) < 4.78 is 20.2. The highest BCUT2D eigenvalue weighted by atomic mass is 35.5. The van der Waals surface area contributed by atoms with Gasteiger partial charge in [0.25, 0.3) is 0 Å². The Balaban J connectivity index is 0.00000156. The summed E-state index contributed by atoms with van der Waals surface area (Å²) in [5.41, 5.74) is 7.82. The minimum absolute atomic E-state index is 0.00820. The van der Waals surface area contributed by atoms with Crippen molar-refractivity contribution >= 4 is 53.0 Å². The van der Waals surface area contributed by atoms with Gasteiger partial charge in [-0.3, -0.25) is 10.4 Å². The highest BCUT2D eigenvalue weighted by Crippen LogP contribution is 2.38. The number of nitrogens with one attached hydrogen (secondary N) is 2. The smallest absolute Gasteiger partial charge is 0.167 e. The van der Waals surface area contributed by atoms with E-state index in [0.717, 1.165) is 32.2 Å². The molecule has 0 unspecified atom stereocenters. The van der Waals surface area contributed by atoms with Gasteiger partial charge in [-0.15, -0.1) is 0 Å². The van der Waals surface area contributed by atoms with E-state index >= 15 is 0 Å². The van der Waals surface area contributed by atoms with Gasteiger partial charge in [0.2, 0.25) is 0 Å². The van der Waals surface area contributed by atoms with E-state index in [2.05, 4.69) is 38.9 Å². The highest BCUT2D eigenvalue weighted by molar-refractivity contribution is 7.79. The molecule has 0 radical (unpaired) electrons. The van der Waals surface area contributed by atoms with Crippen LogP contribution in [-0.4, -0.2) is 48.1 Å². The third kappa shape index (κ3) is 5.31. The Morgan fingerprint density at radius 3 is 2.51 bits per heavy atom. The number of ether oxygens (including phenoxy) is 1. The second-order valence-electron chi connectivity index (χ2n) is 8.78. The zero-order valence-electron chi connectivity index (χ0n) is 19.9. The van der Waals surface area contributed by atoms with Crippen LogP contribution in [0, 0.1) is 28.0 Å². The molecule has 2 saturated heterocycles. The van der Waals surface area contributed by atoms with Crippen LogP contribution in [-0.2, 0) is 6.61 Å². The number of nitriles is 1. The van der Waals surface area contributed by atoms with Gasteiger partial charge < -0.3 is 20.7 Å². The van der Waals surface area contributed by atoms with Crippen LogP contribution in [0.4, 0.5) is 15.9 Å². The molecule has 2 aromatic heterocycles. The summed E-state index contributed by atoms with van der Waals surface area (Å²) in [6.07, 6.45) is 6.06. The van der Waals surface area contributed by atoms with E-state index in [1.165, 1.54) is 24.7 Å². The van der Waals surface area contributed by atoms with Gasteiger partial charge in [-0.05, 0) is 18.4 Å². The van der Waals surface area contributed by atoms with Crippen molar-refractivity contribution < 1.29 is 9.13 Å². The number of aromatic nitrogens is 2. The Morgan fingerprint density at radius 1 is 1.24 bits per heavy atom. The van der Waals surface area contributed by atoms with Gasteiger partial charge in [-0.25, -0.2) is 9.37 Å². The van der Waals surface area contributed by atoms with E-state index < -0.39 is 5.82 Å². The summed E-state index contributed by atoms with van der Waals surface area (Å²) in [7, 11) is 0. The molecule has 2 fully saturated rings. The van der Waals surface area contributed by atoms with E-state index in [4.69, 9.17) is 39.1 Å². The third-order valence-corrected chi connectivity index (χ3v) is 6.98. The highest BCUT2D eigenvalue weighted by Gasteiger charge is 2.48. The molecule has 0 bridgehead atoms. The Bertz CT molecular complexity index is 1370. The number of anilines is 2. The molecule has 0 atom stereocenters. The lowest BCUT2D eigenvalue weighted by Gasteiger charge is -2.56.